The molecule has 0 amide bonds. The molecule has 0 saturated carbocycles. The minimum Gasteiger partial charge on any atom is -0.398 e. The molecule has 2 nitrogen and oxygen atoms in total. The summed E-state index contributed by atoms with van der Waals surface area (Å²) in [6.07, 6.45) is 0. The van der Waals surface area contributed by atoms with Gasteiger partial charge >= 0.3 is 0 Å². The Bertz CT molecular complexity index is 319. The summed E-state index contributed by atoms with van der Waals surface area (Å²) < 4.78 is 0. The molecule has 0 aliphatic carbocycles. The average molecular weight is 208 g/mol. The van der Waals surface area contributed by atoms with Gasteiger partial charge in [0, 0.05) is 36.0 Å². The van der Waals surface area contributed by atoms with E-state index in [2.05, 4.69) is 23.1 Å². The van der Waals surface area contributed by atoms with Gasteiger partial charge in [-0.25, -0.2) is 0 Å². The van der Waals surface area contributed by atoms with Crippen LogP contribution in [-0.4, -0.2) is 24.6 Å². The predicted molar refractivity (Wildman–Crippen MR) is 65.1 cm³/mol. The highest BCUT2D eigenvalue weighted by atomic mass is 32.2. The molecule has 1 aliphatic rings. The van der Waals surface area contributed by atoms with E-state index in [1.165, 1.54) is 22.8 Å². The molecule has 0 radical (unpaired) electrons. The lowest BCUT2D eigenvalue weighted by Gasteiger charge is -2.28. The van der Waals surface area contributed by atoms with Gasteiger partial charge in [-0.1, -0.05) is 6.07 Å². The van der Waals surface area contributed by atoms with Crippen molar-refractivity contribution in [3.63, 3.8) is 0 Å². The van der Waals surface area contributed by atoms with Crippen molar-refractivity contribution in [2.45, 2.75) is 6.92 Å². The van der Waals surface area contributed by atoms with Gasteiger partial charge in [0.15, 0.2) is 0 Å². The largest absolute Gasteiger partial charge is 0.398 e. The van der Waals surface area contributed by atoms with Crippen LogP contribution >= 0.6 is 11.8 Å². The van der Waals surface area contributed by atoms with E-state index in [4.69, 9.17) is 5.73 Å². The first-order valence-electron chi connectivity index (χ1n) is 4.96. The Morgan fingerprint density at radius 1 is 1.29 bits per heavy atom. The quantitative estimate of drug-likeness (QED) is 0.717. The van der Waals surface area contributed by atoms with E-state index in [1.807, 2.05) is 18.7 Å². The number of nitrogen functional groups attached to an aromatic ring is 1. The fourth-order valence-electron chi connectivity index (χ4n) is 1.65. The third-order valence-corrected chi connectivity index (χ3v) is 3.58. The van der Waals surface area contributed by atoms with E-state index >= 15 is 0 Å². The zero-order valence-electron chi connectivity index (χ0n) is 8.49. The van der Waals surface area contributed by atoms with Crippen LogP contribution in [0.3, 0.4) is 0 Å². The van der Waals surface area contributed by atoms with Gasteiger partial charge in [0.25, 0.3) is 0 Å². The van der Waals surface area contributed by atoms with Crippen LogP contribution in [0.25, 0.3) is 0 Å². The van der Waals surface area contributed by atoms with E-state index in [0.29, 0.717) is 0 Å². The van der Waals surface area contributed by atoms with Crippen molar-refractivity contribution in [2.75, 3.05) is 35.2 Å². The summed E-state index contributed by atoms with van der Waals surface area (Å²) >= 11 is 2.03. The minimum atomic E-state index is 0.903. The maximum atomic E-state index is 5.90. The molecule has 0 unspecified atom stereocenters. The molecule has 0 bridgehead atoms. The van der Waals surface area contributed by atoms with Crippen molar-refractivity contribution >= 4 is 23.1 Å². The number of nitrogens with two attached hydrogens (primary N) is 1. The van der Waals surface area contributed by atoms with E-state index < -0.39 is 0 Å². The Hall–Kier alpha value is -0.830. The highest BCUT2D eigenvalue weighted by Crippen LogP contribution is 2.23. The highest BCUT2D eigenvalue weighted by Gasteiger charge is 2.11. The lowest BCUT2D eigenvalue weighted by Crippen LogP contribution is -2.32. The summed E-state index contributed by atoms with van der Waals surface area (Å²) in [6, 6.07) is 6.36. The van der Waals surface area contributed by atoms with Gasteiger partial charge in [-0.2, -0.15) is 11.8 Å². The molecule has 14 heavy (non-hydrogen) atoms. The van der Waals surface area contributed by atoms with Crippen molar-refractivity contribution in [1.82, 2.24) is 0 Å². The zero-order chi connectivity index (χ0) is 9.97. The number of nitrogens with zero attached hydrogens (tertiary/aromatic N) is 1. The molecule has 1 aromatic rings. The number of aryl methyl sites for hydroxylation is 1. The Morgan fingerprint density at radius 2 is 2.00 bits per heavy atom. The fraction of sp³-hybridized carbons (Fsp3) is 0.455. The second-order valence-corrected chi connectivity index (χ2v) is 4.87. The van der Waals surface area contributed by atoms with Crippen molar-refractivity contribution < 1.29 is 0 Å². The molecule has 1 aromatic carbocycles. The molecule has 0 aromatic heterocycles. The van der Waals surface area contributed by atoms with Crippen LogP contribution in [0.5, 0.6) is 0 Å². The molecular weight excluding hydrogens is 192 g/mol. The van der Waals surface area contributed by atoms with E-state index in [-0.39, 0.29) is 0 Å². The van der Waals surface area contributed by atoms with Gasteiger partial charge in [0.1, 0.15) is 0 Å². The molecule has 3 heteroatoms. The number of hydrogen-bond acceptors (Lipinski definition) is 3. The van der Waals surface area contributed by atoms with Gasteiger partial charge in [-0.05, 0) is 24.6 Å². The molecule has 0 spiro atoms. The maximum absolute atomic E-state index is 5.90. The van der Waals surface area contributed by atoms with Crippen LogP contribution in [0.4, 0.5) is 11.4 Å². The zero-order valence-corrected chi connectivity index (χ0v) is 9.31. The second-order valence-electron chi connectivity index (χ2n) is 3.64. The monoisotopic (exact) mass is 208 g/mol. The van der Waals surface area contributed by atoms with Crippen LogP contribution in [0.1, 0.15) is 5.56 Å². The molecule has 76 valence electrons. The van der Waals surface area contributed by atoms with Gasteiger partial charge in [0.05, 0.1) is 0 Å². The lowest BCUT2D eigenvalue weighted by molar-refractivity contribution is 0.859. The maximum Gasteiger partial charge on any atom is 0.0387 e. The first kappa shape index (κ1) is 9.71. The molecule has 1 saturated heterocycles. The molecule has 2 rings (SSSR count). The van der Waals surface area contributed by atoms with Gasteiger partial charge in [-0.3, -0.25) is 0 Å². The predicted octanol–water partition coefficient (Wildman–Crippen LogP) is 2.13. The summed E-state index contributed by atoms with van der Waals surface area (Å²) in [5.74, 6) is 2.46. The number of thioether (sulfide) groups is 1. The Kier molecular flexibility index (Phi) is 2.87. The molecule has 1 heterocycles. The standard InChI is InChI=1S/C11H16N2S/c1-9-2-3-10(8-11(9)12)13-4-6-14-7-5-13/h2-3,8H,4-7,12H2,1H3. The van der Waals surface area contributed by atoms with Crippen LogP contribution in [-0.2, 0) is 0 Å². The van der Waals surface area contributed by atoms with E-state index in [9.17, 15) is 0 Å². The SMILES string of the molecule is Cc1ccc(N2CCSCC2)cc1N. The number of rotatable bonds is 1. The topological polar surface area (TPSA) is 29.3 Å². The van der Waals surface area contributed by atoms with Crippen LogP contribution in [0.15, 0.2) is 18.2 Å². The highest BCUT2D eigenvalue weighted by molar-refractivity contribution is 7.99. The van der Waals surface area contributed by atoms with Crippen molar-refractivity contribution in [3.8, 4) is 0 Å². The lowest BCUT2D eigenvalue weighted by atomic mass is 10.1. The fourth-order valence-corrected chi connectivity index (χ4v) is 2.55. The molecule has 1 aliphatic heterocycles. The molecule has 1 fully saturated rings. The van der Waals surface area contributed by atoms with Gasteiger partial charge in [0.2, 0.25) is 0 Å². The molecule has 0 atom stereocenters. The summed E-state index contributed by atoms with van der Waals surface area (Å²) in [4.78, 5) is 2.41. The number of benzene rings is 1. The van der Waals surface area contributed by atoms with Crippen LogP contribution < -0.4 is 10.6 Å². The first-order chi connectivity index (χ1) is 6.77. The Labute approximate surface area is 89.5 Å². The number of hydrogen-bond donors (Lipinski definition) is 1. The van der Waals surface area contributed by atoms with Crippen LogP contribution in [0.2, 0.25) is 0 Å². The van der Waals surface area contributed by atoms with Crippen molar-refractivity contribution in [1.29, 1.82) is 0 Å². The number of anilines is 2. The normalized spacial score (nSPS) is 17.1. The second kappa shape index (κ2) is 4.13. The Balaban J connectivity index is 2.18. The summed E-state index contributed by atoms with van der Waals surface area (Å²) in [6.45, 7) is 4.34. The first-order valence-corrected chi connectivity index (χ1v) is 6.11. The van der Waals surface area contributed by atoms with Gasteiger partial charge in [-0.15, -0.1) is 0 Å². The van der Waals surface area contributed by atoms with Crippen molar-refractivity contribution in [2.24, 2.45) is 0 Å². The minimum absolute atomic E-state index is 0.903. The smallest absolute Gasteiger partial charge is 0.0387 e. The van der Waals surface area contributed by atoms with Crippen molar-refractivity contribution in [3.05, 3.63) is 23.8 Å². The van der Waals surface area contributed by atoms with E-state index in [0.717, 1.165) is 18.8 Å². The third kappa shape index (κ3) is 1.98. The summed E-state index contributed by atoms with van der Waals surface area (Å²) in [5, 5.41) is 0. The molecular formula is C11H16N2S. The van der Waals surface area contributed by atoms with Crippen LogP contribution in [0, 0.1) is 6.92 Å². The average Bonchev–Trinajstić information content (AvgIpc) is 2.23. The van der Waals surface area contributed by atoms with E-state index in [1.54, 1.807) is 0 Å². The summed E-state index contributed by atoms with van der Waals surface area (Å²) in [5.41, 5.74) is 9.24. The Morgan fingerprint density at radius 3 is 2.64 bits per heavy atom. The molecule has 2 N–H and O–H groups in total. The summed E-state index contributed by atoms with van der Waals surface area (Å²) in [7, 11) is 0. The third-order valence-electron chi connectivity index (χ3n) is 2.64. The van der Waals surface area contributed by atoms with Gasteiger partial charge < -0.3 is 10.6 Å².